The minimum atomic E-state index is -0.479. The van der Waals surface area contributed by atoms with Gasteiger partial charge in [0.05, 0.1) is 0 Å². The first-order chi connectivity index (χ1) is 10.1. The average molecular weight is 293 g/mol. The molecule has 1 fully saturated rings. The molecule has 1 aromatic carbocycles. The molecule has 2 rings (SSSR count). The maximum absolute atomic E-state index is 13.9. The van der Waals surface area contributed by atoms with Crippen molar-refractivity contribution in [2.24, 2.45) is 5.92 Å². The third-order valence-corrected chi connectivity index (χ3v) is 4.17. The molecule has 0 saturated heterocycles. The minimum absolute atomic E-state index is 0.101. The summed E-state index contributed by atoms with van der Waals surface area (Å²) in [7, 11) is 0. The first-order valence-corrected chi connectivity index (χ1v) is 7.95. The quantitative estimate of drug-likeness (QED) is 0.812. The van der Waals surface area contributed by atoms with Gasteiger partial charge in [0.2, 0.25) is 0 Å². The number of hydrogen-bond donors (Lipinski definition) is 1. The molecule has 116 valence electrons. The van der Waals surface area contributed by atoms with E-state index >= 15 is 0 Å². The first kappa shape index (κ1) is 16.2. The molecule has 0 spiro atoms. The standard InChI is InChI=1S/C18H25F2N/c1-13(2)21-12-15(14-7-4-3-5-8-14)11-16-17(19)9-6-10-18(16)20/h6,9-11,13-14,21H,3-5,7-8,12H2,1-2H3/b15-11-. The summed E-state index contributed by atoms with van der Waals surface area (Å²) in [6.07, 6.45) is 7.68. The van der Waals surface area contributed by atoms with Gasteiger partial charge >= 0.3 is 0 Å². The highest BCUT2D eigenvalue weighted by molar-refractivity contribution is 5.55. The van der Waals surface area contributed by atoms with Crippen molar-refractivity contribution in [1.82, 2.24) is 5.32 Å². The highest BCUT2D eigenvalue weighted by Gasteiger charge is 2.19. The van der Waals surface area contributed by atoms with Crippen LogP contribution < -0.4 is 5.32 Å². The van der Waals surface area contributed by atoms with Crippen LogP contribution in [0.4, 0.5) is 8.78 Å². The lowest BCUT2D eigenvalue weighted by atomic mass is 9.83. The second kappa shape index (κ2) is 7.69. The van der Waals surface area contributed by atoms with Crippen molar-refractivity contribution in [3.8, 4) is 0 Å². The zero-order valence-electron chi connectivity index (χ0n) is 13.0. The first-order valence-electron chi connectivity index (χ1n) is 7.95. The molecule has 0 aliphatic heterocycles. The van der Waals surface area contributed by atoms with Crippen LogP contribution in [0.15, 0.2) is 23.8 Å². The summed E-state index contributed by atoms with van der Waals surface area (Å²) in [5.74, 6) is -0.510. The Bertz CT molecular complexity index is 468. The molecular formula is C18H25F2N. The van der Waals surface area contributed by atoms with Gasteiger partial charge in [0.15, 0.2) is 0 Å². The van der Waals surface area contributed by atoms with E-state index in [4.69, 9.17) is 0 Å². The van der Waals surface area contributed by atoms with Crippen LogP contribution in [-0.4, -0.2) is 12.6 Å². The molecule has 0 radical (unpaired) electrons. The van der Waals surface area contributed by atoms with E-state index in [1.165, 1.54) is 37.5 Å². The lowest BCUT2D eigenvalue weighted by Crippen LogP contribution is -2.28. The monoisotopic (exact) mass is 293 g/mol. The SMILES string of the molecule is CC(C)NC/C(=C/c1c(F)cccc1F)C1CCCCC1. The number of hydrogen-bond acceptors (Lipinski definition) is 1. The third kappa shape index (κ3) is 4.63. The van der Waals surface area contributed by atoms with Gasteiger partial charge in [-0.15, -0.1) is 0 Å². The normalized spacial score (nSPS) is 17.5. The molecule has 1 nitrogen and oxygen atoms in total. The van der Waals surface area contributed by atoms with E-state index in [9.17, 15) is 8.78 Å². The van der Waals surface area contributed by atoms with Crippen molar-refractivity contribution in [2.45, 2.75) is 52.0 Å². The molecule has 1 N–H and O–H groups in total. The molecule has 1 aliphatic carbocycles. The van der Waals surface area contributed by atoms with Gasteiger partial charge in [-0.2, -0.15) is 0 Å². The molecule has 3 heteroatoms. The summed E-state index contributed by atoms with van der Waals surface area (Å²) in [6, 6.07) is 4.42. The maximum atomic E-state index is 13.9. The summed E-state index contributed by atoms with van der Waals surface area (Å²) >= 11 is 0. The third-order valence-electron chi connectivity index (χ3n) is 4.17. The number of nitrogens with one attached hydrogen (secondary N) is 1. The summed E-state index contributed by atoms with van der Waals surface area (Å²) < 4.78 is 27.7. The fourth-order valence-electron chi connectivity index (χ4n) is 2.94. The molecule has 0 heterocycles. The Morgan fingerprint density at radius 1 is 1.19 bits per heavy atom. The molecule has 1 saturated carbocycles. The van der Waals surface area contributed by atoms with Gasteiger partial charge in [0, 0.05) is 18.2 Å². The van der Waals surface area contributed by atoms with Crippen molar-refractivity contribution in [1.29, 1.82) is 0 Å². The van der Waals surface area contributed by atoms with Crippen LogP contribution in [0, 0.1) is 17.6 Å². The topological polar surface area (TPSA) is 12.0 Å². The second-order valence-electron chi connectivity index (χ2n) is 6.23. The average Bonchev–Trinajstić information content (AvgIpc) is 2.47. The number of benzene rings is 1. The summed E-state index contributed by atoms with van der Waals surface area (Å²) in [4.78, 5) is 0. The molecule has 1 aromatic rings. The van der Waals surface area contributed by atoms with Gasteiger partial charge in [-0.1, -0.05) is 44.7 Å². The molecular weight excluding hydrogens is 268 g/mol. The highest BCUT2D eigenvalue weighted by atomic mass is 19.1. The van der Waals surface area contributed by atoms with E-state index in [0.29, 0.717) is 18.5 Å². The van der Waals surface area contributed by atoms with Crippen LogP contribution in [0.3, 0.4) is 0 Å². The van der Waals surface area contributed by atoms with E-state index in [1.807, 2.05) is 0 Å². The molecule has 0 bridgehead atoms. The molecule has 0 unspecified atom stereocenters. The zero-order valence-corrected chi connectivity index (χ0v) is 13.0. The predicted octanol–water partition coefficient (Wildman–Crippen LogP) is 4.93. The largest absolute Gasteiger partial charge is 0.311 e. The summed E-state index contributed by atoms with van der Waals surface area (Å²) in [5, 5.41) is 3.39. The molecule has 1 aliphatic rings. The Balaban J connectivity index is 2.26. The van der Waals surface area contributed by atoms with Gasteiger partial charge in [-0.3, -0.25) is 0 Å². The van der Waals surface area contributed by atoms with Crippen molar-refractivity contribution in [3.63, 3.8) is 0 Å². The Morgan fingerprint density at radius 2 is 1.81 bits per heavy atom. The maximum Gasteiger partial charge on any atom is 0.133 e. The van der Waals surface area contributed by atoms with E-state index in [0.717, 1.165) is 18.4 Å². The van der Waals surface area contributed by atoms with Crippen LogP contribution in [0.5, 0.6) is 0 Å². The van der Waals surface area contributed by atoms with Gasteiger partial charge in [0.25, 0.3) is 0 Å². The minimum Gasteiger partial charge on any atom is -0.311 e. The van der Waals surface area contributed by atoms with Crippen LogP contribution in [0.25, 0.3) is 6.08 Å². The van der Waals surface area contributed by atoms with Gasteiger partial charge in [-0.25, -0.2) is 8.78 Å². The van der Waals surface area contributed by atoms with Crippen molar-refractivity contribution >= 4 is 6.08 Å². The van der Waals surface area contributed by atoms with Gasteiger partial charge < -0.3 is 5.32 Å². The number of rotatable bonds is 5. The Hall–Kier alpha value is -1.22. The van der Waals surface area contributed by atoms with Crippen molar-refractivity contribution < 1.29 is 8.78 Å². The lowest BCUT2D eigenvalue weighted by Gasteiger charge is -2.26. The van der Waals surface area contributed by atoms with Crippen LogP contribution in [0.2, 0.25) is 0 Å². The highest BCUT2D eigenvalue weighted by Crippen LogP contribution is 2.31. The van der Waals surface area contributed by atoms with Crippen molar-refractivity contribution in [2.75, 3.05) is 6.54 Å². The molecule has 0 amide bonds. The smallest absolute Gasteiger partial charge is 0.133 e. The molecule has 0 aromatic heterocycles. The Morgan fingerprint density at radius 3 is 2.38 bits per heavy atom. The van der Waals surface area contributed by atoms with E-state index < -0.39 is 11.6 Å². The van der Waals surface area contributed by atoms with E-state index in [1.54, 1.807) is 6.08 Å². The van der Waals surface area contributed by atoms with Crippen LogP contribution in [-0.2, 0) is 0 Å². The van der Waals surface area contributed by atoms with Gasteiger partial charge in [0.1, 0.15) is 11.6 Å². The fourth-order valence-corrected chi connectivity index (χ4v) is 2.94. The second-order valence-corrected chi connectivity index (χ2v) is 6.23. The van der Waals surface area contributed by atoms with Gasteiger partial charge in [-0.05, 0) is 37.0 Å². The lowest BCUT2D eigenvalue weighted by molar-refractivity contribution is 0.394. The van der Waals surface area contributed by atoms with Crippen molar-refractivity contribution in [3.05, 3.63) is 41.0 Å². The molecule has 0 atom stereocenters. The Labute approximate surface area is 126 Å². The van der Waals surface area contributed by atoms with E-state index in [-0.39, 0.29) is 5.56 Å². The summed E-state index contributed by atoms with van der Waals surface area (Å²) in [6.45, 7) is 4.88. The molecule has 21 heavy (non-hydrogen) atoms. The number of halogens is 2. The Kier molecular flexibility index (Phi) is 5.92. The predicted molar refractivity (Wildman–Crippen MR) is 84.0 cm³/mol. The van der Waals surface area contributed by atoms with E-state index in [2.05, 4.69) is 19.2 Å². The van der Waals surface area contributed by atoms with Crippen LogP contribution in [0.1, 0.15) is 51.5 Å². The summed E-state index contributed by atoms with van der Waals surface area (Å²) in [5.41, 5.74) is 1.23. The van der Waals surface area contributed by atoms with Crippen LogP contribution >= 0.6 is 0 Å². The zero-order chi connectivity index (χ0) is 15.2. The fraction of sp³-hybridized carbons (Fsp3) is 0.556.